The predicted molar refractivity (Wildman–Crippen MR) is 65.2 cm³/mol. The number of rotatable bonds is 1. The zero-order chi connectivity index (χ0) is 11.8. The standard InChI is InChI=1S/C14H10NO2/c16-10-5-6-13-11(8-10)12(14(17)15-13)7-9-3-1-2-4-9/h1-8,16H,(H,15,17)/b12-7+. The number of phenols is 1. The van der Waals surface area contributed by atoms with Crippen LogP contribution < -0.4 is 5.32 Å². The van der Waals surface area contributed by atoms with Crippen LogP contribution in [0.15, 0.2) is 24.3 Å². The van der Waals surface area contributed by atoms with E-state index in [9.17, 15) is 9.90 Å². The summed E-state index contributed by atoms with van der Waals surface area (Å²) in [6.45, 7) is 0. The first kappa shape index (κ1) is 10.4. The Kier molecular flexibility index (Phi) is 2.39. The summed E-state index contributed by atoms with van der Waals surface area (Å²) in [6.07, 6.45) is 9.52. The molecule has 0 bridgehead atoms. The van der Waals surface area contributed by atoms with Gasteiger partial charge in [-0.1, -0.05) is 6.08 Å². The molecule has 1 aromatic rings. The van der Waals surface area contributed by atoms with Crippen molar-refractivity contribution in [3.05, 3.63) is 61.4 Å². The lowest BCUT2D eigenvalue weighted by atomic mass is 9.99. The van der Waals surface area contributed by atoms with Crippen LogP contribution in [-0.4, -0.2) is 11.0 Å². The van der Waals surface area contributed by atoms with Crippen molar-refractivity contribution >= 4 is 17.2 Å². The van der Waals surface area contributed by atoms with E-state index in [2.05, 4.69) is 5.32 Å². The third-order valence-electron chi connectivity index (χ3n) is 2.79. The lowest BCUT2D eigenvalue weighted by molar-refractivity contribution is -0.110. The minimum absolute atomic E-state index is 0.133. The Bertz CT molecular complexity index is 499. The number of hydrogen-bond donors (Lipinski definition) is 2. The molecule has 1 heterocycles. The van der Waals surface area contributed by atoms with Gasteiger partial charge in [-0.15, -0.1) is 0 Å². The second-order valence-corrected chi connectivity index (χ2v) is 3.96. The first-order valence-corrected chi connectivity index (χ1v) is 5.32. The molecule has 3 rings (SSSR count). The van der Waals surface area contributed by atoms with Crippen molar-refractivity contribution in [1.29, 1.82) is 0 Å². The molecule has 1 aliphatic carbocycles. The second kappa shape index (κ2) is 3.91. The Balaban J connectivity index is 2.00. The van der Waals surface area contributed by atoms with E-state index in [1.165, 1.54) is 0 Å². The van der Waals surface area contributed by atoms with Gasteiger partial charge in [0.25, 0.3) is 5.91 Å². The molecule has 2 N–H and O–H groups in total. The fourth-order valence-corrected chi connectivity index (χ4v) is 1.97. The van der Waals surface area contributed by atoms with Crippen molar-refractivity contribution in [2.75, 3.05) is 5.32 Å². The van der Waals surface area contributed by atoms with Gasteiger partial charge in [-0.2, -0.15) is 0 Å². The molecule has 0 unspecified atom stereocenters. The van der Waals surface area contributed by atoms with Crippen molar-refractivity contribution < 1.29 is 9.90 Å². The minimum atomic E-state index is -0.133. The van der Waals surface area contributed by atoms with Gasteiger partial charge in [-0.05, 0) is 43.9 Å². The summed E-state index contributed by atoms with van der Waals surface area (Å²) < 4.78 is 0. The Labute approximate surface area is 100 Å². The van der Waals surface area contributed by atoms with Crippen LogP contribution in [0, 0.1) is 31.6 Å². The van der Waals surface area contributed by atoms with Crippen LogP contribution in [0.3, 0.4) is 0 Å². The number of carbonyl (C=O) groups excluding carboxylic acids is 1. The quantitative estimate of drug-likeness (QED) is 0.567. The van der Waals surface area contributed by atoms with E-state index in [0.717, 1.165) is 17.2 Å². The molecule has 1 fully saturated rings. The van der Waals surface area contributed by atoms with Crippen molar-refractivity contribution in [3.8, 4) is 5.75 Å². The van der Waals surface area contributed by atoms with Crippen molar-refractivity contribution in [2.45, 2.75) is 0 Å². The fraction of sp³-hybridized carbons (Fsp3) is 0. The average Bonchev–Trinajstić information content (AvgIpc) is 2.90. The van der Waals surface area contributed by atoms with E-state index in [1.807, 2.05) is 31.8 Å². The molecule has 1 aliphatic heterocycles. The molecule has 1 aromatic carbocycles. The van der Waals surface area contributed by atoms with Crippen LogP contribution in [0.5, 0.6) is 5.75 Å². The number of anilines is 1. The third-order valence-corrected chi connectivity index (χ3v) is 2.79. The lowest BCUT2D eigenvalue weighted by Crippen LogP contribution is -2.04. The second-order valence-electron chi connectivity index (χ2n) is 3.96. The summed E-state index contributed by atoms with van der Waals surface area (Å²) in [5, 5.41) is 12.2. The van der Waals surface area contributed by atoms with Gasteiger partial charge in [0.2, 0.25) is 0 Å². The summed E-state index contributed by atoms with van der Waals surface area (Å²) in [7, 11) is 0. The topological polar surface area (TPSA) is 49.3 Å². The minimum Gasteiger partial charge on any atom is -0.508 e. The van der Waals surface area contributed by atoms with Gasteiger partial charge in [-0.3, -0.25) is 4.79 Å². The number of hydrogen-bond acceptors (Lipinski definition) is 2. The zero-order valence-corrected chi connectivity index (χ0v) is 8.97. The van der Waals surface area contributed by atoms with Gasteiger partial charge in [0.1, 0.15) is 5.75 Å². The van der Waals surface area contributed by atoms with E-state index < -0.39 is 0 Å². The molecule has 0 spiro atoms. The van der Waals surface area contributed by atoms with Crippen LogP contribution in [0.2, 0.25) is 0 Å². The maximum Gasteiger partial charge on any atom is 0.256 e. The molecule has 3 heteroatoms. The van der Waals surface area contributed by atoms with Gasteiger partial charge >= 0.3 is 0 Å². The molecule has 17 heavy (non-hydrogen) atoms. The SMILES string of the molecule is O=C1Nc2ccc(O)cc2/C1=C\[C]1[CH][CH][CH][CH]1. The van der Waals surface area contributed by atoms with E-state index in [0.29, 0.717) is 5.57 Å². The monoisotopic (exact) mass is 224 g/mol. The van der Waals surface area contributed by atoms with E-state index in [-0.39, 0.29) is 11.7 Å². The summed E-state index contributed by atoms with van der Waals surface area (Å²) in [5.41, 5.74) is 2.07. The average molecular weight is 224 g/mol. The number of phenolic OH excluding ortho intramolecular Hbond substituents is 1. The van der Waals surface area contributed by atoms with Crippen molar-refractivity contribution in [3.63, 3.8) is 0 Å². The number of amides is 1. The molecule has 2 aliphatic rings. The third kappa shape index (κ3) is 1.82. The van der Waals surface area contributed by atoms with Gasteiger partial charge < -0.3 is 10.4 Å². The number of nitrogens with one attached hydrogen (secondary N) is 1. The highest BCUT2D eigenvalue weighted by molar-refractivity contribution is 6.32. The highest BCUT2D eigenvalue weighted by Gasteiger charge is 2.26. The molecule has 3 nitrogen and oxygen atoms in total. The maximum atomic E-state index is 11.8. The van der Waals surface area contributed by atoms with E-state index in [1.54, 1.807) is 18.2 Å². The fourth-order valence-electron chi connectivity index (χ4n) is 1.97. The van der Waals surface area contributed by atoms with Gasteiger partial charge in [0.15, 0.2) is 0 Å². The van der Waals surface area contributed by atoms with Crippen molar-refractivity contribution in [2.24, 2.45) is 0 Å². The molecule has 1 saturated carbocycles. The number of benzene rings is 1. The summed E-state index contributed by atoms with van der Waals surface area (Å²) >= 11 is 0. The number of carbonyl (C=O) groups is 1. The molecule has 0 aromatic heterocycles. The Hall–Kier alpha value is -1.77. The predicted octanol–water partition coefficient (Wildman–Crippen LogP) is 2.13. The van der Waals surface area contributed by atoms with E-state index in [4.69, 9.17) is 0 Å². The normalized spacial score (nSPS) is 21.9. The summed E-state index contributed by atoms with van der Waals surface area (Å²) in [5.74, 6) is 1.01. The van der Waals surface area contributed by atoms with E-state index >= 15 is 0 Å². The Morgan fingerprint density at radius 1 is 1.18 bits per heavy atom. The van der Waals surface area contributed by atoms with Crippen LogP contribution >= 0.6 is 0 Å². The smallest absolute Gasteiger partial charge is 0.256 e. The first-order valence-electron chi connectivity index (χ1n) is 5.32. The molecule has 0 saturated heterocycles. The highest BCUT2D eigenvalue weighted by Crippen LogP contribution is 2.37. The van der Waals surface area contributed by atoms with Crippen LogP contribution in [-0.2, 0) is 4.79 Å². The largest absolute Gasteiger partial charge is 0.508 e. The Morgan fingerprint density at radius 2 is 1.94 bits per heavy atom. The lowest BCUT2D eigenvalue weighted by Gasteiger charge is -2.03. The summed E-state index contributed by atoms with van der Waals surface area (Å²) in [6, 6.07) is 4.86. The van der Waals surface area contributed by atoms with Crippen LogP contribution in [0.25, 0.3) is 5.57 Å². The highest BCUT2D eigenvalue weighted by atomic mass is 16.3. The number of aromatic hydroxyl groups is 1. The number of allylic oxidation sites excluding steroid dienone is 1. The molecular formula is C14H10NO2. The molecule has 5 radical (unpaired) electrons. The zero-order valence-electron chi connectivity index (χ0n) is 8.97. The molecule has 1 amide bonds. The van der Waals surface area contributed by atoms with Crippen molar-refractivity contribution in [1.82, 2.24) is 0 Å². The first-order chi connectivity index (χ1) is 8.24. The van der Waals surface area contributed by atoms with Gasteiger partial charge in [-0.25, -0.2) is 0 Å². The Morgan fingerprint density at radius 3 is 2.71 bits per heavy atom. The van der Waals surface area contributed by atoms with Crippen LogP contribution in [0.1, 0.15) is 5.56 Å². The van der Waals surface area contributed by atoms with Gasteiger partial charge in [0, 0.05) is 22.7 Å². The van der Waals surface area contributed by atoms with Gasteiger partial charge in [0.05, 0.1) is 0 Å². The summed E-state index contributed by atoms with van der Waals surface area (Å²) in [4.78, 5) is 11.8. The molecule has 83 valence electrons. The van der Waals surface area contributed by atoms with Crippen LogP contribution in [0.4, 0.5) is 5.69 Å². The molecular weight excluding hydrogens is 214 g/mol. The molecule has 0 atom stereocenters. The number of fused-ring (bicyclic) bond motifs is 1. The maximum absolute atomic E-state index is 11.8.